The summed E-state index contributed by atoms with van der Waals surface area (Å²) in [4.78, 5) is 16.5. The van der Waals surface area contributed by atoms with E-state index in [1.807, 2.05) is 6.20 Å². The smallest absolute Gasteiger partial charge is 0.389 e. The van der Waals surface area contributed by atoms with Crippen LogP contribution in [0.15, 0.2) is 54.4 Å². The van der Waals surface area contributed by atoms with Gasteiger partial charge in [0.05, 0.1) is 13.5 Å². The standard InChI is InChI=1S/C20H20N.C13H21F3O2.Ir/c1-13(2)16-5-6-19-17(12-16)7-8-21-20(19)18-10-14(3)9-15(4)11-18;1-4-9(5-2)11(17)7-12(18)10(6-3)8-13(14,15)16;/h5-10,12-13H,1-4H3;7,9-10,18H,4-6,8H2,1-3H3;/q-1;;/b;12-7-;/i;7D,8D2;. The number of benzene rings is 2. The second-order valence-electron chi connectivity index (χ2n) is 10.0. The van der Waals surface area contributed by atoms with Gasteiger partial charge in [-0.2, -0.15) is 13.2 Å². The van der Waals surface area contributed by atoms with Gasteiger partial charge in [-0.05, 0) is 53.3 Å². The Morgan fingerprint density at radius 2 is 1.70 bits per heavy atom. The number of halogens is 3. The van der Waals surface area contributed by atoms with E-state index < -0.39 is 42.0 Å². The maximum atomic E-state index is 12.7. The third kappa shape index (κ3) is 10.5. The second kappa shape index (κ2) is 16.1. The number of allylic oxidation sites excluding steroid dienone is 2. The Morgan fingerprint density at radius 1 is 1.07 bits per heavy atom. The Balaban J connectivity index is 0.000000420. The number of aromatic nitrogens is 1. The number of fused-ring (bicyclic) bond motifs is 1. The van der Waals surface area contributed by atoms with Crippen LogP contribution in [-0.4, -0.2) is 22.1 Å². The largest absolute Gasteiger partial charge is 0.512 e. The molecule has 2 aromatic carbocycles. The molecule has 0 amide bonds. The zero-order valence-electron chi connectivity index (χ0n) is 27.2. The van der Waals surface area contributed by atoms with Crippen molar-refractivity contribution in [2.75, 3.05) is 0 Å². The van der Waals surface area contributed by atoms with Crippen molar-refractivity contribution in [1.29, 1.82) is 0 Å². The molecule has 1 atom stereocenters. The predicted octanol–water partition coefficient (Wildman–Crippen LogP) is 9.85. The van der Waals surface area contributed by atoms with Crippen molar-refractivity contribution in [2.45, 2.75) is 86.2 Å². The Hall–Kier alpha value is -2.50. The molecule has 7 heteroatoms. The van der Waals surface area contributed by atoms with Gasteiger partial charge in [0.15, 0.2) is 5.78 Å². The number of aryl methyl sites for hydroxylation is 2. The van der Waals surface area contributed by atoms with Crippen molar-refractivity contribution in [3.8, 4) is 11.3 Å². The Morgan fingerprint density at radius 3 is 2.23 bits per heavy atom. The summed E-state index contributed by atoms with van der Waals surface area (Å²) in [6.45, 7) is 13.3. The molecule has 0 bridgehead atoms. The first-order valence-corrected chi connectivity index (χ1v) is 13.4. The molecule has 3 rings (SSSR count). The molecule has 40 heavy (non-hydrogen) atoms. The molecule has 0 aliphatic rings. The Labute approximate surface area is 254 Å². The molecule has 1 unspecified atom stereocenters. The maximum Gasteiger partial charge on any atom is 0.389 e. The topological polar surface area (TPSA) is 50.2 Å². The molecule has 0 spiro atoms. The summed E-state index contributed by atoms with van der Waals surface area (Å²) < 4.78 is 60.1. The molecule has 0 aliphatic heterocycles. The molecule has 0 saturated carbocycles. The molecule has 1 N–H and O–H groups in total. The minimum Gasteiger partial charge on any atom is -0.512 e. The fourth-order valence-corrected chi connectivity index (χ4v) is 4.33. The van der Waals surface area contributed by atoms with E-state index in [4.69, 9.17) is 4.11 Å². The molecule has 221 valence electrons. The molecule has 0 fully saturated rings. The van der Waals surface area contributed by atoms with Crippen LogP contribution in [0, 0.1) is 31.7 Å². The number of hydrogen-bond donors (Lipinski definition) is 1. The van der Waals surface area contributed by atoms with Crippen LogP contribution in [0.1, 0.15) is 87.0 Å². The molecule has 0 saturated heterocycles. The van der Waals surface area contributed by atoms with Gasteiger partial charge in [0.25, 0.3) is 0 Å². The van der Waals surface area contributed by atoms with E-state index in [0.29, 0.717) is 18.8 Å². The number of nitrogens with zero attached hydrogens (tertiary/aromatic N) is 1. The van der Waals surface area contributed by atoms with E-state index >= 15 is 0 Å². The molecule has 1 radical (unpaired) electrons. The third-order valence-electron chi connectivity index (χ3n) is 6.54. The first-order valence-electron chi connectivity index (χ1n) is 14.9. The molecule has 3 nitrogen and oxygen atoms in total. The van der Waals surface area contributed by atoms with Gasteiger partial charge in [-0.3, -0.25) is 4.79 Å². The van der Waals surface area contributed by atoms with E-state index in [-0.39, 0.29) is 26.5 Å². The summed E-state index contributed by atoms with van der Waals surface area (Å²) >= 11 is 0. The number of pyridine rings is 1. The predicted molar refractivity (Wildman–Crippen MR) is 154 cm³/mol. The average Bonchev–Trinajstić information content (AvgIpc) is 2.91. The minimum absolute atomic E-state index is 0. The summed E-state index contributed by atoms with van der Waals surface area (Å²) in [5.74, 6) is -3.87. The maximum absolute atomic E-state index is 12.7. The average molecular weight is 736 g/mol. The van der Waals surface area contributed by atoms with Crippen molar-refractivity contribution >= 4 is 16.6 Å². The van der Waals surface area contributed by atoms with Crippen molar-refractivity contribution in [3.63, 3.8) is 0 Å². The van der Waals surface area contributed by atoms with Gasteiger partial charge in [0, 0.05) is 46.9 Å². The summed E-state index contributed by atoms with van der Waals surface area (Å²) in [6, 6.07) is 15.6. The number of carbonyl (C=O) groups is 1. The van der Waals surface area contributed by atoms with E-state index in [2.05, 4.69) is 75.1 Å². The zero-order chi connectivity index (χ0) is 32.0. The number of rotatable bonds is 9. The van der Waals surface area contributed by atoms with Crippen molar-refractivity contribution in [2.24, 2.45) is 11.8 Å². The van der Waals surface area contributed by atoms with E-state index in [1.165, 1.54) is 28.8 Å². The van der Waals surface area contributed by atoms with Crippen LogP contribution in [-0.2, 0) is 24.9 Å². The SMILES string of the molecule is Cc1[c-]c(-c2nccc3cc(C(C)C)ccc23)cc(C)c1.[2H]/C(C(=O)C(CC)CC)=C(/O)C(CC)C([2H])([2H])C(F)(F)F.[Ir]. The molecular formula is C33H41F3IrNO2-. The first kappa shape index (κ1) is 30.5. The summed E-state index contributed by atoms with van der Waals surface area (Å²) in [5, 5.41) is 12.3. The zero-order valence-corrected chi connectivity index (χ0v) is 26.6. The van der Waals surface area contributed by atoms with Crippen LogP contribution in [0.4, 0.5) is 13.2 Å². The molecular weight excluding hydrogens is 692 g/mol. The molecule has 3 aromatic rings. The molecule has 1 aromatic heterocycles. The van der Waals surface area contributed by atoms with Gasteiger partial charge in [-0.1, -0.05) is 66.7 Å². The van der Waals surface area contributed by atoms with Crippen LogP contribution >= 0.6 is 0 Å². The number of alkyl halides is 3. The van der Waals surface area contributed by atoms with Gasteiger partial charge in [0.1, 0.15) is 0 Å². The van der Waals surface area contributed by atoms with E-state index in [1.54, 1.807) is 13.8 Å². The van der Waals surface area contributed by atoms with Gasteiger partial charge in [-0.25, -0.2) is 0 Å². The fraction of sp³-hybridized carbons (Fsp3) is 0.455. The van der Waals surface area contributed by atoms with Crippen molar-refractivity contribution in [3.05, 3.63) is 77.2 Å². The second-order valence-corrected chi connectivity index (χ2v) is 10.0. The van der Waals surface area contributed by atoms with E-state index in [9.17, 15) is 23.1 Å². The van der Waals surface area contributed by atoms with E-state index in [0.717, 1.165) is 16.8 Å². The number of ketones is 1. The van der Waals surface area contributed by atoms with Gasteiger partial charge < -0.3 is 10.1 Å². The molecule has 0 aliphatic carbocycles. The quantitative estimate of drug-likeness (QED) is 0.135. The van der Waals surface area contributed by atoms with Gasteiger partial charge >= 0.3 is 6.18 Å². The van der Waals surface area contributed by atoms with Crippen LogP contribution in [0.25, 0.3) is 22.0 Å². The number of aliphatic hydroxyl groups is 1. The number of carbonyl (C=O) groups excluding carboxylic acids is 1. The Kier molecular flexibility index (Phi) is 12.2. The number of hydrogen-bond acceptors (Lipinski definition) is 3. The van der Waals surface area contributed by atoms with Crippen LogP contribution < -0.4 is 0 Å². The van der Waals surface area contributed by atoms with Crippen LogP contribution in [0.5, 0.6) is 0 Å². The summed E-state index contributed by atoms with van der Waals surface area (Å²) in [7, 11) is 0. The monoisotopic (exact) mass is 736 g/mol. The van der Waals surface area contributed by atoms with Crippen LogP contribution in [0.2, 0.25) is 0 Å². The summed E-state index contributed by atoms with van der Waals surface area (Å²) in [6.07, 6.45) is -6.58. The third-order valence-corrected chi connectivity index (χ3v) is 6.54. The van der Waals surface area contributed by atoms with Gasteiger partial charge in [0.2, 0.25) is 0 Å². The minimum atomic E-state index is -5.19. The summed E-state index contributed by atoms with van der Waals surface area (Å²) in [5.41, 5.74) is 5.87. The molecule has 1 heterocycles. The first-order chi connectivity index (χ1) is 19.5. The fourth-order valence-electron chi connectivity index (χ4n) is 4.33. The number of aliphatic hydroxyl groups excluding tert-OH is 1. The van der Waals surface area contributed by atoms with Gasteiger partial charge in [-0.15, -0.1) is 34.9 Å². The van der Waals surface area contributed by atoms with Crippen LogP contribution in [0.3, 0.4) is 0 Å². The Bertz CT molecular complexity index is 1400. The normalized spacial score (nSPS) is 14.3. The van der Waals surface area contributed by atoms with Crippen molar-refractivity contribution in [1.82, 2.24) is 4.98 Å². The van der Waals surface area contributed by atoms with Crippen molar-refractivity contribution < 1.29 is 47.3 Å².